The minimum atomic E-state index is -1.81. The van der Waals surface area contributed by atoms with E-state index < -0.39 is 24.0 Å². The number of nitrogens with one attached hydrogen (secondary N) is 2. The lowest BCUT2D eigenvalue weighted by Gasteiger charge is -2.27. The Morgan fingerprint density at radius 2 is 2.26 bits per heavy atom. The Bertz CT molecular complexity index is 776. The molecular formula is C18H24N4O4S. The predicted octanol–water partition coefficient (Wildman–Crippen LogP) is 0.524. The van der Waals surface area contributed by atoms with Crippen LogP contribution in [-0.4, -0.2) is 62.2 Å². The van der Waals surface area contributed by atoms with Gasteiger partial charge in [-0.2, -0.15) is 0 Å². The molecule has 1 aliphatic rings. The fourth-order valence-electron chi connectivity index (χ4n) is 3.24. The van der Waals surface area contributed by atoms with Crippen LogP contribution in [0.5, 0.6) is 0 Å². The van der Waals surface area contributed by atoms with Crippen molar-refractivity contribution < 1.29 is 19.8 Å². The van der Waals surface area contributed by atoms with Crippen molar-refractivity contribution in [2.45, 2.75) is 44.4 Å². The molecule has 0 bridgehead atoms. The Morgan fingerprint density at radius 1 is 1.44 bits per heavy atom. The highest BCUT2D eigenvalue weighted by Crippen LogP contribution is 2.30. The minimum Gasteiger partial charge on any atom is -0.380 e. The molecule has 1 aliphatic heterocycles. The van der Waals surface area contributed by atoms with Crippen LogP contribution >= 0.6 is 11.3 Å². The SMILES string of the molecule is Cc1c[nH]c([C@H]2CCCN2C(=O)[C@H](O)[C@@H](O)C(=O)NCCc2cccs2)n1. The third-order valence-electron chi connectivity index (χ3n) is 4.65. The van der Waals surface area contributed by atoms with E-state index in [0.717, 1.165) is 17.0 Å². The van der Waals surface area contributed by atoms with Crippen molar-refractivity contribution in [2.75, 3.05) is 13.1 Å². The minimum absolute atomic E-state index is 0.282. The van der Waals surface area contributed by atoms with E-state index in [-0.39, 0.29) is 6.04 Å². The lowest BCUT2D eigenvalue weighted by atomic mass is 10.1. The van der Waals surface area contributed by atoms with Crippen LogP contribution in [0.2, 0.25) is 0 Å². The Balaban J connectivity index is 1.55. The molecule has 2 aromatic rings. The first-order valence-electron chi connectivity index (χ1n) is 8.96. The number of hydrogen-bond donors (Lipinski definition) is 4. The van der Waals surface area contributed by atoms with Gasteiger partial charge in [-0.15, -0.1) is 11.3 Å². The van der Waals surface area contributed by atoms with Gasteiger partial charge in [-0.1, -0.05) is 6.07 Å². The van der Waals surface area contributed by atoms with Crippen LogP contribution in [0.1, 0.15) is 35.3 Å². The van der Waals surface area contributed by atoms with Gasteiger partial charge < -0.3 is 25.4 Å². The lowest BCUT2D eigenvalue weighted by Crippen LogP contribution is -2.50. The Hall–Kier alpha value is -2.23. The Morgan fingerprint density at radius 3 is 2.93 bits per heavy atom. The average molecular weight is 392 g/mol. The van der Waals surface area contributed by atoms with Gasteiger partial charge in [-0.05, 0) is 37.6 Å². The van der Waals surface area contributed by atoms with Crippen LogP contribution in [-0.2, 0) is 16.0 Å². The van der Waals surface area contributed by atoms with Gasteiger partial charge in [0.15, 0.2) is 12.2 Å². The van der Waals surface area contributed by atoms with E-state index in [4.69, 9.17) is 0 Å². The predicted molar refractivity (Wildman–Crippen MR) is 100 cm³/mol. The summed E-state index contributed by atoms with van der Waals surface area (Å²) in [5.74, 6) is -0.759. The van der Waals surface area contributed by atoms with Crippen LogP contribution in [0.4, 0.5) is 0 Å². The quantitative estimate of drug-likeness (QED) is 0.548. The number of imidazole rings is 1. The number of aromatic nitrogens is 2. The van der Waals surface area contributed by atoms with Crippen LogP contribution in [0, 0.1) is 6.92 Å². The van der Waals surface area contributed by atoms with Gasteiger partial charge in [0.2, 0.25) is 0 Å². The van der Waals surface area contributed by atoms with Crippen molar-refractivity contribution in [3.63, 3.8) is 0 Å². The third kappa shape index (κ3) is 4.55. The normalized spacial score (nSPS) is 19.1. The number of H-pyrrole nitrogens is 1. The molecule has 146 valence electrons. The summed E-state index contributed by atoms with van der Waals surface area (Å²) in [7, 11) is 0. The summed E-state index contributed by atoms with van der Waals surface area (Å²) in [6, 6.07) is 3.59. The van der Waals surface area contributed by atoms with Gasteiger partial charge in [0.1, 0.15) is 5.82 Å². The first-order valence-corrected chi connectivity index (χ1v) is 9.84. The summed E-state index contributed by atoms with van der Waals surface area (Å²) >= 11 is 1.58. The number of nitrogens with zero attached hydrogens (tertiary/aromatic N) is 2. The van der Waals surface area contributed by atoms with Gasteiger partial charge in [-0.25, -0.2) is 4.98 Å². The largest absolute Gasteiger partial charge is 0.380 e. The van der Waals surface area contributed by atoms with Gasteiger partial charge in [0, 0.05) is 24.2 Å². The summed E-state index contributed by atoms with van der Waals surface area (Å²) in [6.07, 6.45) is 0.263. The van der Waals surface area contributed by atoms with Gasteiger partial charge in [0.25, 0.3) is 11.8 Å². The van der Waals surface area contributed by atoms with Crippen molar-refractivity contribution in [1.82, 2.24) is 20.2 Å². The third-order valence-corrected chi connectivity index (χ3v) is 5.58. The van der Waals surface area contributed by atoms with Crippen molar-refractivity contribution in [3.8, 4) is 0 Å². The molecule has 8 nitrogen and oxygen atoms in total. The van der Waals surface area contributed by atoms with Crippen LogP contribution in [0.25, 0.3) is 0 Å². The molecular weight excluding hydrogens is 368 g/mol. The van der Waals surface area contributed by atoms with Crippen LogP contribution in [0.15, 0.2) is 23.7 Å². The number of thiophene rings is 1. The maximum Gasteiger partial charge on any atom is 0.255 e. The summed E-state index contributed by atoms with van der Waals surface area (Å²) in [6.45, 7) is 2.63. The molecule has 2 amide bonds. The molecule has 27 heavy (non-hydrogen) atoms. The van der Waals surface area contributed by atoms with Crippen molar-refractivity contribution in [2.24, 2.45) is 0 Å². The average Bonchev–Trinajstić information content (AvgIpc) is 3.40. The molecule has 9 heteroatoms. The molecule has 4 N–H and O–H groups in total. The summed E-state index contributed by atoms with van der Waals surface area (Å²) in [4.78, 5) is 34.7. The molecule has 0 radical (unpaired) electrons. The number of aliphatic hydroxyl groups is 2. The standard InChI is InChI=1S/C18H24N4O4S/c1-11-10-20-16(21-11)13-5-2-8-22(13)18(26)15(24)14(23)17(25)19-7-6-12-4-3-9-27-12/h3-4,9-10,13-15,23-24H,2,5-8H2,1H3,(H,19,25)(H,20,21)/t13-,14-,15-/m1/s1. The number of aryl methyl sites for hydroxylation is 1. The lowest BCUT2D eigenvalue weighted by molar-refractivity contribution is -0.153. The molecule has 0 saturated carbocycles. The molecule has 0 spiro atoms. The zero-order chi connectivity index (χ0) is 19.4. The van der Waals surface area contributed by atoms with E-state index in [1.165, 1.54) is 4.90 Å². The summed E-state index contributed by atoms with van der Waals surface area (Å²) in [5.41, 5.74) is 0.815. The molecule has 3 heterocycles. The number of aromatic amines is 1. The molecule has 3 atom stereocenters. The maximum atomic E-state index is 12.6. The van der Waals surface area contributed by atoms with E-state index in [9.17, 15) is 19.8 Å². The highest BCUT2D eigenvalue weighted by atomic mass is 32.1. The first-order chi connectivity index (χ1) is 13.0. The van der Waals surface area contributed by atoms with E-state index >= 15 is 0 Å². The fourth-order valence-corrected chi connectivity index (χ4v) is 3.94. The van der Waals surface area contributed by atoms with Gasteiger partial charge in [0.05, 0.1) is 11.7 Å². The van der Waals surface area contributed by atoms with Gasteiger partial charge >= 0.3 is 0 Å². The zero-order valence-corrected chi connectivity index (χ0v) is 15.9. The Labute approximate surface area is 161 Å². The van der Waals surface area contributed by atoms with Gasteiger partial charge in [-0.3, -0.25) is 9.59 Å². The second-order valence-corrected chi connectivity index (χ2v) is 7.66. The summed E-state index contributed by atoms with van der Waals surface area (Å²) < 4.78 is 0. The topological polar surface area (TPSA) is 119 Å². The highest BCUT2D eigenvalue weighted by molar-refractivity contribution is 7.09. The molecule has 2 aromatic heterocycles. The van der Waals surface area contributed by atoms with Crippen molar-refractivity contribution in [1.29, 1.82) is 0 Å². The molecule has 0 aromatic carbocycles. The number of rotatable bonds is 7. The number of amides is 2. The van der Waals surface area contributed by atoms with Crippen LogP contribution < -0.4 is 5.32 Å². The number of carbonyl (C=O) groups is 2. The second kappa shape index (κ2) is 8.64. The van der Waals surface area contributed by atoms with E-state index in [2.05, 4.69) is 15.3 Å². The smallest absolute Gasteiger partial charge is 0.255 e. The van der Waals surface area contributed by atoms with Crippen molar-refractivity contribution >= 4 is 23.2 Å². The molecule has 1 saturated heterocycles. The summed E-state index contributed by atoms with van der Waals surface area (Å²) in [5, 5.41) is 24.9. The number of aliphatic hydroxyl groups excluding tert-OH is 2. The van der Waals surface area contributed by atoms with Crippen LogP contribution in [0.3, 0.4) is 0 Å². The molecule has 0 aliphatic carbocycles. The fraction of sp³-hybridized carbons (Fsp3) is 0.500. The monoisotopic (exact) mass is 392 g/mol. The van der Waals surface area contributed by atoms with E-state index in [1.54, 1.807) is 17.5 Å². The van der Waals surface area contributed by atoms with E-state index in [0.29, 0.717) is 31.8 Å². The number of hydrogen-bond acceptors (Lipinski definition) is 6. The number of likely N-dealkylation sites (tertiary alicyclic amines) is 1. The zero-order valence-electron chi connectivity index (χ0n) is 15.1. The van der Waals surface area contributed by atoms with E-state index in [1.807, 2.05) is 24.4 Å². The maximum absolute atomic E-state index is 12.6. The highest BCUT2D eigenvalue weighted by Gasteiger charge is 2.39. The second-order valence-electron chi connectivity index (χ2n) is 6.63. The molecule has 3 rings (SSSR count). The Kier molecular flexibility index (Phi) is 6.25. The number of carbonyl (C=O) groups excluding carboxylic acids is 2. The first kappa shape index (κ1) is 19.5. The molecule has 1 fully saturated rings. The van der Waals surface area contributed by atoms with Crippen molar-refractivity contribution in [3.05, 3.63) is 40.1 Å². The molecule has 0 unspecified atom stereocenters.